The Balaban J connectivity index is 1.83. The van der Waals surface area contributed by atoms with Gasteiger partial charge in [-0.25, -0.2) is 0 Å². The summed E-state index contributed by atoms with van der Waals surface area (Å²) >= 11 is 1.50. The van der Waals surface area contributed by atoms with Gasteiger partial charge in [0.2, 0.25) is 0 Å². The van der Waals surface area contributed by atoms with E-state index in [2.05, 4.69) is 20.5 Å². The lowest BCUT2D eigenvalue weighted by atomic mass is 10.6. The van der Waals surface area contributed by atoms with E-state index in [0.29, 0.717) is 6.54 Å². The van der Waals surface area contributed by atoms with Crippen LogP contribution in [0.3, 0.4) is 0 Å². The number of hydrogen-bond donors (Lipinski definition) is 1. The normalized spacial score (nSPS) is 10.5. The number of nitrogens with one attached hydrogen (secondary N) is 1. The summed E-state index contributed by atoms with van der Waals surface area (Å²) < 4.78 is 1.53. The van der Waals surface area contributed by atoms with Gasteiger partial charge in [-0.2, -0.15) is 15.4 Å². The number of aryl methyl sites for hydroxylation is 1. The Bertz CT molecular complexity index is 467. The van der Waals surface area contributed by atoms with Gasteiger partial charge in [0.15, 0.2) is 0 Å². The molecule has 0 aliphatic heterocycles. The molecule has 0 unspecified atom stereocenters. The fourth-order valence-electron chi connectivity index (χ4n) is 1.07. The Hall–Kier alpha value is -1.90. The second-order valence-corrected chi connectivity index (χ2v) is 3.99. The average Bonchev–Trinajstić information content (AvgIpc) is 2.87. The quantitative estimate of drug-likeness (QED) is 0.469. The van der Waals surface area contributed by atoms with Gasteiger partial charge >= 0.3 is 5.69 Å². The molecule has 0 aromatic carbocycles. The van der Waals surface area contributed by atoms with Crippen molar-refractivity contribution in [2.75, 3.05) is 5.75 Å². The molecule has 2 aromatic heterocycles. The van der Waals surface area contributed by atoms with Crippen LogP contribution in [0.15, 0.2) is 23.6 Å². The first-order valence-electron chi connectivity index (χ1n) is 4.41. The lowest BCUT2D eigenvalue weighted by molar-refractivity contribution is -0.385. The number of rotatable bonds is 5. The first kappa shape index (κ1) is 10.6. The van der Waals surface area contributed by atoms with Gasteiger partial charge in [0.05, 0.1) is 17.7 Å². The number of aromatic nitrogens is 5. The number of hydrogen-bond acceptors (Lipinski definition) is 6. The van der Waals surface area contributed by atoms with Crippen LogP contribution in [0, 0.1) is 10.1 Å². The Morgan fingerprint density at radius 3 is 3.06 bits per heavy atom. The third kappa shape index (κ3) is 2.57. The molecule has 2 heterocycles. The van der Waals surface area contributed by atoms with E-state index in [0.717, 1.165) is 10.8 Å². The van der Waals surface area contributed by atoms with Crippen LogP contribution in [0.5, 0.6) is 0 Å². The summed E-state index contributed by atoms with van der Waals surface area (Å²) in [5.41, 5.74) is 0.00596. The summed E-state index contributed by atoms with van der Waals surface area (Å²) in [5.74, 6) is 0.728. The Labute approximate surface area is 94.2 Å². The van der Waals surface area contributed by atoms with Crippen LogP contribution in [0.25, 0.3) is 0 Å². The zero-order valence-electron chi connectivity index (χ0n) is 8.11. The van der Waals surface area contributed by atoms with Crippen molar-refractivity contribution < 1.29 is 4.92 Å². The number of H-pyrrole nitrogens is 1. The lowest BCUT2D eigenvalue weighted by Gasteiger charge is -1.97. The van der Waals surface area contributed by atoms with Gasteiger partial charge in [-0.05, 0) is 0 Å². The van der Waals surface area contributed by atoms with E-state index in [1.807, 2.05) is 0 Å². The zero-order valence-corrected chi connectivity index (χ0v) is 8.92. The molecule has 0 saturated carbocycles. The van der Waals surface area contributed by atoms with E-state index in [1.54, 1.807) is 6.20 Å². The highest BCUT2D eigenvalue weighted by Gasteiger charge is 2.08. The number of nitro groups is 1. The van der Waals surface area contributed by atoms with Gasteiger partial charge in [0, 0.05) is 5.75 Å². The first-order valence-corrected chi connectivity index (χ1v) is 5.39. The van der Waals surface area contributed by atoms with Crippen LogP contribution >= 0.6 is 11.8 Å². The zero-order chi connectivity index (χ0) is 11.4. The third-order valence-corrected chi connectivity index (χ3v) is 2.67. The Morgan fingerprint density at radius 2 is 2.44 bits per heavy atom. The summed E-state index contributed by atoms with van der Waals surface area (Å²) in [7, 11) is 0. The summed E-state index contributed by atoms with van der Waals surface area (Å²) in [6.07, 6.45) is 4.26. The van der Waals surface area contributed by atoms with Crippen LogP contribution in [-0.4, -0.2) is 35.9 Å². The maximum absolute atomic E-state index is 10.4. The molecular formula is C7H8N6O2S. The summed E-state index contributed by atoms with van der Waals surface area (Å²) in [6, 6.07) is 0. The lowest BCUT2D eigenvalue weighted by Crippen LogP contribution is -2.00. The fraction of sp³-hybridized carbons (Fsp3) is 0.286. The van der Waals surface area contributed by atoms with E-state index >= 15 is 0 Å². The van der Waals surface area contributed by atoms with Gasteiger partial charge < -0.3 is 0 Å². The topological polar surface area (TPSA) is 103 Å². The molecule has 9 heteroatoms. The van der Waals surface area contributed by atoms with Crippen molar-refractivity contribution in [3.63, 3.8) is 0 Å². The van der Waals surface area contributed by atoms with Crippen molar-refractivity contribution >= 4 is 17.4 Å². The molecule has 2 aromatic rings. The second-order valence-electron chi connectivity index (χ2n) is 2.88. The molecule has 0 fully saturated rings. The van der Waals surface area contributed by atoms with Gasteiger partial charge in [-0.1, -0.05) is 0 Å². The SMILES string of the molecule is O=[N+]([O-])c1cnn(CCSc2cn[nH]n2)c1. The molecule has 0 saturated heterocycles. The fourth-order valence-corrected chi connectivity index (χ4v) is 1.79. The minimum atomic E-state index is -0.464. The minimum absolute atomic E-state index is 0.00596. The molecule has 0 aliphatic carbocycles. The van der Waals surface area contributed by atoms with Crippen LogP contribution in [0.1, 0.15) is 0 Å². The van der Waals surface area contributed by atoms with Crippen LogP contribution in [-0.2, 0) is 6.54 Å². The van der Waals surface area contributed by atoms with Crippen molar-refractivity contribution in [3.8, 4) is 0 Å². The third-order valence-electron chi connectivity index (χ3n) is 1.79. The van der Waals surface area contributed by atoms with Crippen molar-refractivity contribution in [1.29, 1.82) is 0 Å². The molecule has 0 spiro atoms. The van der Waals surface area contributed by atoms with Crippen molar-refractivity contribution in [1.82, 2.24) is 25.2 Å². The molecule has 16 heavy (non-hydrogen) atoms. The summed E-state index contributed by atoms with van der Waals surface area (Å²) in [5, 5.41) is 25.1. The molecule has 0 aliphatic rings. The van der Waals surface area contributed by atoms with Gasteiger partial charge in [0.25, 0.3) is 0 Å². The molecule has 2 rings (SSSR count). The number of nitrogens with zero attached hydrogens (tertiary/aromatic N) is 5. The highest BCUT2D eigenvalue weighted by Crippen LogP contribution is 2.13. The molecule has 0 radical (unpaired) electrons. The van der Waals surface area contributed by atoms with Crippen molar-refractivity contribution in [3.05, 3.63) is 28.7 Å². The number of thioether (sulfide) groups is 1. The predicted octanol–water partition coefficient (Wildman–Crippen LogP) is 0.702. The molecule has 0 bridgehead atoms. The molecule has 1 N–H and O–H groups in total. The van der Waals surface area contributed by atoms with E-state index in [9.17, 15) is 10.1 Å². The smallest absolute Gasteiger partial charge is 0.265 e. The van der Waals surface area contributed by atoms with Gasteiger partial charge in [-0.15, -0.1) is 16.9 Å². The standard InChI is InChI=1S/C7H8N6O2S/c14-13(15)6-3-9-12(5-6)1-2-16-7-4-8-11-10-7/h3-5H,1-2H2,(H,8,10,11). The monoisotopic (exact) mass is 240 g/mol. The first-order chi connectivity index (χ1) is 7.75. The van der Waals surface area contributed by atoms with Crippen LogP contribution in [0.4, 0.5) is 5.69 Å². The van der Waals surface area contributed by atoms with Gasteiger partial charge in [0.1, 0.15) is 17.4 Å². The summed E-state index contributed by atoms with van der Waals surface area (Å²) in [6.45, 7) is 0.589. The van der Waals surface area contributed by atoms with Crippen molar-refractivity contribution in [2.24, 2.45) is 0 Å². The maximum Gasteiger partial charge on any atom is 0.306 e. The Morgan fingerprint density at radius 1 is 1.56 bits per heavy atom. The average molecular weight is 240 g/mol. The number of aromatic amines is 1. The maximum atomic E-state index is 10.4. The van der Waals surface area contributed by atoms with Crippen LogP contribution in [0.2, 0.25) is 0 Å². The highest BCUT2D eigenvalue weighted by atomic mass is 32.2. The predicted molar refractivity (Wildman–Crippen MR) is 56.0 cm³/mol. The second kappa shape index (κ2) is 4.75. The van der Waals surface area contributed by atoms with E-state index in [-0.39, 0.29) is 5.69 Å². The molecule has 8 nitrogen and oxygen atoms in total. The van der Waals surface area contributed by atoms with E-state index in [4.69, 9.17) is 0 Å². The molecule has 0 amide bonds. The largest absolute Gasteiger partial charge is 0.306 e. The van der Waals surface area contributed by atoms with Gasteiger partial charge in [-0.3, -0.25) is 14.8 Å². The van der Waals surface area contributed by atoms with Crippen LogP contribution < -0.4 is 0 Å². The highest BCUT2D eigenvalue weighted by molar-refractivity contribution is 7.99. The summed E-state index contributed by atoms with van der Waals surface area (Å²) in [4.78, 5) is 9.94. The molecule has 84 valence electrons. The van der Waals surface area contributed by atoms with E-state index < -0.39 is 4.92 Å². The molecule has 0 atom stereocenters. The minimum Gasteiger partial charge on any atom is -0.265 e. The Kier molecular flexibility index (Phi) is 3.15. The van der Waals surface area contributed by atoms with E-state index in [1.165, 1.54) is 28.8 Å². The molecular weight excluding hydrogens is 232 g/mol. The van der Waals surface area contributed by atoms with Crippen molar-refractivity contribution in [2.45, 2.75) is 11.6 Å².